The molecule has 0 aliphatic carbocycles. The quantitative estimate of drug-likeness (QED) is 0.831. The van der Waals surface area contributed by atoms with Gasteiger partial charge in [0.05, 0.1) is 0 Å². The summed E-state index contributed by atoms with van der Waals surface area (Å²) in [5.41, 5.74) is 1.84. The highest BCUT2D eigenvalue weighted by molar-refractivity contribution is 9.10. The van der Waals surface area contributed by atoms with E-state index in [1.807, 2.05) is 25.1 Å². The zero-order chi connectivity index (χ0) is 10.1. The van der Waals surface area contributed by atoms with Crippen molar-refractivity contribution in [2.75, 3.05) is 0 Å². The molecule has 0 aliphatic rings. The van der Waals surface area contributed by atoms with Gasteiger partial charge in [0.25, 0.3) is 0 Å². The molecule has 0 bridgehead atoms. The van der Waals surface area contributed by atoms with Gasteiger partial charge >= 0.3 is 0 Å². The van der Waals surface area contributed by atoms with Crippen LogP contribution in [0, 0.1) is 0 Å². The molecule has 3 heteroatoms. The lowest BCUT2D eigenvalue weighted by atomic mass is 10.1. The van der Waals surface area contributed by atoms with Crippen LogP contribution >= 0.6 is 15.9 Å². The molecule has 0 unspecified atom stereocenters. The minimum Gasteiger partial charge on any atom is -0.361 e. The third-order valence-electron chi connectivity index (χ3n) is 2.30. The predicted molar refractivity (Wildman–Crippen MR) is 61.6 cm³/mol. The molecule has 0 spiro atoms. The van der Waals surface area contributed by atoms with Crippen LogP contribution in [0.1, 0.15) is 12.5 Å². The topological polar surface area (TPSA) is 32.9 Å². The molecule has 0 fully saturated rings. The number of hydrogen-bond acceptors (Lipinski definition) is 1. The molecule has 0 radical (unpaired) electrons. The van der Waals surface area contributed by atoms with Crippen LogP contribution in [0.4, 0.5) is 0 Å². The number of rotatable bonds is 1. The molecule has 2 aromatic rings. The SMILES string of the molecule is CCc1c[nH]c2ccc(Br)cc2c1=O. The van der Waals surface area contributed by atoms with Gasteiger partial charge in [-0.15, -0.1) is 0 Å². The minimum absolute atomic E-state index is 0.127. The Labute approximate surface area is 90.1 Å². The smallest absolute Gasteiger partial charge is 0.192 e. The summed E-state index contributed by atoms with van der Waals surface area (Å²) in [5.74, 6) is 0. The number of pyridine rings is 1. The summed E-state index contributed by atoms with van der Waals surface area (Å²) in [5, 5.41) is 0.749. The number of benzene rings is 1. The summed E-state index contributed by atoms with van der Waals surface area (Å²) in [6.07, 6.45) is 2.55. The van der Waals surface area contributed by atoms with Crippen molar-refractivity contribution in [3.05, 3.63) is 44.7 Å². The number of halogens is 1. The van der Waals surface area contributed by atoms with E-state index in [4.69, 9.17) is 0 Å². The highest BCUT2D eigenvalue weighted by Crippen LogP contribution is 2.15. The third kappa shape index (κ3) is 1.48. The Morgan fingerprint density at radius 1 is 1.43 bits per heavy atom. The second-order valence-corrected chi connectivity index (χ2v) is 4.10. The first-order valence-electron chi connectivity index (χ1n) is 4.52. The van der Waals surface area contributed by atoms with Gasteiger partial charge in [-0.25, -0.2) is 0 Å². The lowest BCUT2D eigenvalue weighted by molar-refractivity contribution is 1.10. The summed E-state index contributed by atoms with van der Waals surface area (Å²) in [7, 11) is 0. The first-order chi connectivity index (χ1) is 6.72. The number of nitrogens with one attached hydrogen (secondary N) is 1. The molecule has 0 aliphatic heterocycles. The highest BCUT2D eigenvalue weighted by Gasteiger charge is 2.03. The molecular weight excluding hydrogens is 242 g/mol. The van der Waals surface area contributed by atoms with E-state index in [1.54, 1.807) is 6.20 Å². The van der Waals surface area contributed by atoms with Gasteiger partial charge in [-0.3, -0.25) is 4.79 Å². The molecule has 1 aromatic carbocycles. The second-order valence-electron chi connectivity index (χ2n) is 3.19. The first-order valence-corrected chi connectivity index (χ1v) is 5.31. The van der Waals surface area contributed by atoms with Gasteiger partial charge < -0.3 is 4.98 Å². The van der Waals surface area contributed by atoms with Crippen LogP contribution in [0.25, 0.3) is 10.9 Å². The fourth-order valence-corrected chi connectivity index (χ4v) is 1.86. The highest BCUT2D eigenvalue weighted by atomic mass is 79.9. The number of aromatic amines is 1. The van der Waals surface area contributed by atoms with Crippen molar-refractivity contribution in [1.82, 2.24) is 4.98 Å². The number of aromatic nitrogens is 1. The summed E-state index contributed by atoms with van der Waals surface area (Å²) in [6, 6.07) is 5.68. The van der Waals surface area contributed by atoms with E-state index in [0.29, 0.717) is 0 Å². The Morgan fingerprint density at radius 3 is 2.93 bits per heavy atom. The Bertz CT molecular complexity index is 530. The first kappa shape index (κ1) is 9.46. The van der Waals surface area contributed by atoms with Crippen molar-refractivity contribution in [3.63, 3.8) is 0 Å². The van der Waals surface area contributed by atoms with E-state index in [1.165, 1.54) is 0 Å². The molecule has 1 heterocycles. The standard InChI is InChI=1S/C11H10BrNO/c1-2-7-6-13-10-4-3-8(12)5-9(10)11(7)14/h3-6H,2H2,1H3,(H,13,14). The zero-order valence-electron chi connectivity index (χ0n) is 7.80. The van der Waals surface area contributed by atoms with Crippen molar-refractivity contribution >= 4 is 26.8 Å². The second kappa shape index (κ2) is 3.58. The van der Waals surface area contributed by atoms with E-state index in [0.717, 1.165) is 27.4 Å². The number of fused-ring (bicyclic) bond motifs is 1. The van der Waals surface area contributed by atoms with Crippen molar-refractivity contribution in [3.8, 4) is 0 Å². The Kier molecular flexibility index (Phi) is 2.42. The van der Waals surface area contributed by atoms with Crippen molar-refractivity contribution in [2.24, 2.45) is 0 Å². The largest absolute Gasteiger partial charge is 0.361 e. The van der Waals surface area contributed by atoms with Gasteiger partial charge in [-0.1, -0.05) is 22.9 Å². The average molecular weight is 252 g/mol. The van der Waals surface area contributed by atoms with Crippen LogP contribution in [0.3, 0.4) is 0 Å². The summed E-state index contributed by atoms with van der Waals surface area (Å²) in [6.45, 7) is 1.98. The van der Waals surface area contributed by atoms with E-state index < -0.39 is 0 Å². The summed E-state index contributed by atoms with van der Waals surface area (Å²) in [4.78, 5) is 15.0. The van der Waals surface area contributed by atoms with Gasteiger partial charge in [-0.2, -0.15) is 0 Å². The molecule has 0 amide bonds. The van der Waals surface area contributed by atoms with Crippen LogP contribution in [-0.2, 0) is 6.42 Å². The van der Waals surface area contributed by atoms with E-state index in [-0.39, 0.29) is 5.43 Å². The van der Waals surface area contributed by atoms with Gasteiger partial charge in [0, 0.05) is 27.1 Å². The number of H-pyrrole nitrogens is 1. The minimum atomic E-state index is 0.127. The molecule has 0 saturated heterocycles. The van der Waals surface area contributed by atoms with Crippen molar-refractivity contribution < 1.29 is 0 Å². The number of aryl methyl sites for hydroxylation is 1. The van der Waals surface area contributed by atoms with Crippen LogP contribution in [0.5, 0.6) is 0 Å². The number of hydrogen-bond donors (Lipinski definition) is 1. The summed E-state index contributed by atoms with van der Waals surface area (Å²) < 4.78 is 0.934. The molecule has 1 N–H and O–H groups in total. The van der Waals surface area contributed by atoms with Gasteiger partial charge in [0.1, 0.15) is 0 Å². The Hall–Kier alpha value is -1.09. The molecule has 2 nitrogen and oxygen atoms in total. The maximum atomic E-state index is 11.9. The third-order valence-corrected chi connectivity index (χ3v) is 2.79. The zero-order valence-corrected chi connectivity index (χ0v) is 9.39. The van der Waals surface area contributed by atoms with E-state index in [2.05, 4.69) is 20.9 Å². The summed E-state index contributed by atoms with van der Waals surface area (Å²) >= 11 is 3.36. The van der Waals surface area contributed by atoms with Crippen molar-refractivity contribution in [2.45, 2.75) is 13.3 Å². The molecule has 2 rings (SSSR count). The fraction of sp³-hybridized carbons (Fsp3) is 0.182. The van der Waals surface area contributed by atoms with Crippen LogP contribution in [0.2, 0.25) is 0 Å². The normalized spacial score (nSPS) is 10.7. The predicted octanol–water partition coefficient (Wildman–Crippen LogP) is 2.85. The Morgan fingerprint density at radius 2 is 2.21 bits per heavy atom. The molecule has 1 aromatic heterocycles. The maximum Gasteiger partial charge on any atom is 0.192 e. The maximum absolute atomic E-state index is 11.9. The Balaban J connectivity index is 2.87. The molecule has 72 valence electrons. The van der Waals surface area contributed by atoms with E-state index >= 15 is 0 Å². The van der Waals surface area contributed by atoms with Gasteiger partial charge in [0.2, 0.25) is 0 Å². The van der Waals surface area contributed by atoms with Gasteiger partial charge in [-0.05, 0) is 24.6 Å². The van der Waals surface area contributed by atoms with Crippen LogP contribution in [0.15, 0.2) is 33.7 Å². The molecule has 0 saturated carbocycles. The molecule has 0 atom stereocenters. The van der Waals surface area contributed by atoms with Gasteiger partial charge in [0.15, 0.2) is 5.43 Å². The molecule has 14 heavy (non-hydrogen) atoms. The lowest BCUT2D eigenvalue weighted by Crippen LogP contribution is -2.08. The lowest BCUT2D eigenvalue weighted by Gasteiger charge is -2.01. The van der Waals surface area contributed by atoms with Crippen molar-refractivity contribution in [1.29, 1.82) is 0 Å². The average Bonchev–Trinajstić information content (AvgIpc) is 2.20. The van der Waals surface area contributed by atoms with E-state index in [9.17, 15) is 4.79 Å². The fourth-order valence-electron chi connectivity index (χ4n) is 1.50. The van der Waals surface area contributed by atoms with Crippen LogP contribution in [-0.4, -0.2) is 4.98 Å². The molecular formula is C11H10BrNO. The van der Waals surface area contributed by atoms with Crippen LogP contribution < -0.4 is 5.43 Å². The monoisotopic (exact) mass is 251 g/mol.